The number of unbranched alkanes of at least 4 members (excludes halogenated alkanes) is 3. The molecule has 0 amide bonds. The van der Waals surface area contributed by atoms with E-state index in [0.29, 0.717) is 6.04 Å². The number of ether oxygens (including phenoxy) is 1. The minimum absolute atomic E-state index is 0.594. The van der Waals surface area contributed by atoms with E-state index < -0.39 is 0 Å². The molecule has 1 aliphatic heterocycles. The average molecular weight is 242 g/mol. The molecule has 0 aromatic carbocycles. The van der Waals surface area contributed by atoms with Crippen LogP contribution >= 0.6 is 0 Å². The summed E-state index contributed by atoms with van der Waals surface area (Å²) in [5, 5.41) is 3.51. The molecule has 1 unspecified atom stereocenters. The second kappa shape index (κ2) is 9.86. The van der Waals surface area contributed by atoms with Crippen LogP contribution in [0.2, 0.25) is 0 Å². The Morgan fingerprint density at radius 3 is 2.82 bits per heavy atom. The van der Waals surface area contributed by atoms with Crippen LogP contribution in [-0.2, 0) is 4.74 Å². The third-order valence-corrected chi connectivity index (χ3v) is 3.46. The van der Waals surface area contributed by atoms with Crippen LogP contribution in [0, 0.1) is 0 Å². The third-order valence-electron chi connectivity index (χ3n) is 3.46. The van der Waals surface area contributed by atoms with Gasteiger partial charge in [-0.2, -0.15) is 0 Å². The first-order valence-corrected chi connectivity index (χ1v) is 7.41. The maximum Gasteiger partial charge on any atom is 0.0634 e. The fourth-order valence-electron chi connectivity index (χ4n) is 2.36. The van der Waals surface area contributed by atoms with E-state index in [1.54, 1.807) is 0 Å². The molecule has 1 saturated heterocycles. The number of nitrogens with zero attached hydrogens (tertiary/aromatic N) is 1. The van der Waals surface area contributed by atoms with Gasteiger partial charge in [0.15, 0.2) is 0 Å². The Labute approximate surface area is 107 Å². The van der Waals surface area contributed by atoms with Gasteiger partial charge in [0.25, 0.3) is 0 Å². The van der Waals surface area contributed by atoms with Crippen LogP contribution in [0.1, 0.15) is 46.0 Å². The fourth-order valence-corrected chi connectivity index (χ4v) is 2.36. The molecule has 1 atom stereocenters. The second-order valence-corrected chi connectivity index (χ2v) is 5.03. The zero-order valence-electron chi connectivity index (χ0n) is 11.7. The Kier molecular flexibility index (Phi) is 8.67. The van der Waals surface area contributed by atoms with Gasteiger partial charge >= 0.3 is 0 Å². The van der Waals surface area contributed by atoms with Gasteiger partial charge in [-0.1, -0.05) is 33.1 Å². The number of morpholine rings is 1. The fraction of sp³-hybridized carbons (Fsp3) is 1.00. The van der Waals surface area contributed by atoms with Gasteiger partial charge in [0.2, 0.25) is 0 Å². The summed E-state index contributed by atoms with van der Waals surface area (Å²) in [6.07, 6.45) is 6.64. The number of rotatable bonds is 9. The van der Waals surface area contributed by atoms with Gasteiger partial charge in [-0.05, 0) is 25.9 Å². The van der Waals surface area contributed by atoms with E-state index in [9.17, 15) is 0 Å². The van der Waals surface area contributed by atoms with Crippen molar-refractivity contribution < 1.29 is 4.74 Å². The lowest BCUT2D eigenvalue weighted by atomic mass is 10.1. The van der Waals surface area contributed by atoms with Crippen LogP contribution in [0.15, 0.2) is 0 Å². The highest BCUT2D eigenvalue weighted by molar-refractivity contribution is 4.77. The monoisotopic (exact) mass is 242 g/mol. The van der Waals surface area contributed by atoms with Gasteiger partial charge in [-0.3, -0.25) is 4.90 Å². The molecule has 17 heavy (non-hydrogen) atoms. The Morgan fingerprint density at radius 1 is 1.18 bits per heavy atom. The first-order valence-electron chi connectivity index (χ1n) is 7.41. The molecule has 0 bridgehead atoms. The highest BCUT2D eigenvalue weighted by Gasteiger charge is 2.21. The van der Waals surface area contributed by atoms with Crippen molar-refractivity contribution in [1.82, 2.24) is 10.2 Å². The van der Waals surface area contributed by atoms with Gasteiger partial charge in [-0.15, -0.1) is 0 Å². The summed E-state index contributed by atoms with van der Waals surface area (Å²) < 4.78 is 5.59. The molecular weight excluding hydrogens is 212 g/mol. The molecule has 0 radical (unpaired) electrons. The average Bonchev–Trinajstić information content (AvgIpc) is 2.36. The smallest absolute Gasteiger partial charge is 0.0634 e. The quantitative estimate of drug-likeness (QED) is 0.628. The normalized spacial score (nSPS) is 21.9. The lowest BCUT2D eigenvalue weighted by Crippen LogP contribution is -2.50. The molecule has 3 nitrogen and oxygen atoms in total. The van der Waals surface area contributed by atoms with Gasteiger partial charge in [-0.25, -0.2) is 0 Å². The van der Waals surface area contributed by atoms with Gasteiger partial charge in [0.05, 0.1) is 13.2 Å². The second-order valence-electron chi connectivity index (χ2n) is 5.03. The minimum atomic E-state index is 0.594. The molecular formula is C14H30N2O. The zero-order valence-corrected chi connectivity index (χ0v) is 11.7. The highest BCUT2D eigenvalue weighted by Crippen LogP contribution is 2.09. The van der Waals surface area contributed by atoms with Gasteiger partial charge in [0, 0.05) is 19.1 Å². The van der Waals surface area contributed by atoms with Crippen LogP contribution in [0.3, 0.4) is 0 Å². The molecule has 1 N–H and O–H groups in total. The predicted molar refractivity (Wildman–Crippen MR) is 73.5 cm³/mol. The number of hydrogen-bond acceptors (Lipinski definition) is 3. The molecule has 1 heterocycles. The van der Waals surface area contributed by atoms with Gasteiger partial charge < -0.3 is 10.1 Å². The molecule has 0 aromatic heterocycles. The van der Waals surface area contributed by atoms with Crippen molar-refractivity contribution in [3.63, 3.8) is 0 Å². The lowest BCUT2D eigenvalue weighted by molar-refractivity contribution is -0.00734. The summed E-state index contributed by atoms with van der Waals surface area (Å²) >= 11 is 0. The van der Waals surface area contributed by atoms with Crippen molar-refractivity contribution in [3.05, 3.63) is 0 Å². The Balaban J connectivity index is 2.17. The standard InChI is InChI=1S/C14H30N2O/c1-3-5-6-7-9-16-10-11-17-13-14(16)12-15-8-4-2/h14-15H,3-13H2,1-2H3. The van der Waals surface area contributed by atoms with Crippen LogP contribution in [-0.4, -0.2) is 50.3 Å². The van der Waals surface area contributed by atoms with E-state index in [2.05, 4.69) is 24.1 Å². The molecule has 102 valence electrons. The van der Waals surface area contributed by atoms with Crippen LogP contribution in [0.5, 0.6) is 0 Å². The number of hydrogen-bond donors (Lipinski definition) is 1. The SMILES string of the molecule is CCCCCCN1CCOCC1CNCCC. The Hall–Kier alpha value is -0.120. The summed E-state index contributed by atoms with van der Waals surface area (Å²) in [7, 11) is 0. The largest absolute Gasteiger partial charge is 0.378 e. The molecule has 3 heteroatoms. The van der Waals surface area contributed by atoms with Crippen molar-refractivity contribution >= 4 is 0 Å². The summed E-state index contributed by atoms with van der Waals surface area (Å²) in [5.74, 6) is 0. The van der Waals surface area contributed by atoms with E-state index in [0.717, 1.165) is 32.8 Å². The summed E-state index contributed by atoms with van der Waals surface area (Å²) in [5.41, 5.74) is 0. The van der Waals surface area contributed by atoms with E-state index >= 15 is 0 Å². The van der Waals surface area contributed by atoms with Crippen molar-refractivity contribution in [2.45, 2.75) is 52.0 Å². The Morgan fingerprint density at radius 2 is 2.06 bits per heavy atom. The summed E-state index contributed by atoms with van der Waals surface area (Å²) in [6, 6.07) is 0.594. The van der Waals surface area contributed by atoms with Crippen LogP contribution in [0.4, 0.5) is 0 Å². The van der Waals surface area contributed by atoms with Gasteiger partial charge in [0.1, 0.15) is 0 Å². The van der Waals surface area contributed by atoms with Crippen LogP contribution < -0.4 is 5.32 Å². The van der Waals surface area contributed by atoms with E-state index in [1.807, 2.05) is 0 Å². The maximum absolute atomic E-state index is 5.59. The molecule has 1 aliphatic rings. The molecule has 1 fully saturated rings. The molecule has 0 spiro atoms. The molecule has 0 saturated carbocycles. The topological polar surface area (TPSA) is 24.5 Å². The first-order chi connectivity index (χ1) is 8.38. The van der Waals surface area contributed by atoms with E-state index in [1.165, 1.54) is 38.6 Å². The zero-order chi connectivity index (χ0) is 12.3. The predicted octanol–water partition coefficient (Wildman–Crippen LogP) is 2.27. The molecule has 1 rings (SSSR count). The molecule has 0 aliphatic carbocycles. The van der Waals surface area contributed by atoms with E-state index in [-0.39, 0.29) is 0 Å². The first kappa shape index (κ1) is 14.9. The highest BCUT2D eigenvalue weighted by atomic mass is 16.5. The third kappa shape index (κ3) is 6.39. The lowest BCUT2D eigenvalue weighted by Gasteiger charge is -2.35. The molecule has 0 aromatic rings. The van der Waals surface area contributed by atoms with Crippen molar-refractivity contribution in [2.24, 2.45) is 0 Å². The summed E-state index contributed by atoms with van der Waals surface area (Å²) in [4.78, 5) is 2.61. The summed E-state index contributed by atoms with van der Waals surface area (Å²) in [6.45, 7) is 10.9. The maximum atomic E-state index is 5.59. The van der Waals surface area contributed by atoms with Crippen molar-refractivity contribution in [3.8, 4) is 0 Å². The van der Waals surface area contributed by atoms with Crippen molar-refractivity contribution in [1.29, 1.82) is 0 Å². The number of nitrogens with one attached hydrogen (secondary N) is 1. The van der Waals surface area contributed by atoms with Crippen molar-refractivity contribution in [2.75, 3.05) is 39.4 Å². The Bertz CT molecular complexity index is 176. The minimum Gasteiger partial charge on any atom is -0.378 e. The van der Waals surface area contributed by atoms with E-state index in [4.69, 9.17) is 4.74 Å². The van der Waals surface area contributed by atoms with Crippen LogP contribution in [0.25, 0.3) is 0 Å².